The summed E-state index contributed by atoms with van der Waals surface area (Å²) >= 11 is 12.3. The molecule has 2 amide bonds. The van der Waals surface area contributed by atoms with E-state index in [1.165, 1.54) is 4.90 Å². The van der Waals surface area contributed by atoms with Crippen LogP contribution in [0, 0.1) is 0 Å². The summed E-state index contributed by atoms with van der Waals surface area (Å²) in [6, 6.07) is 4.58. The Morgan fingerprint density at radius 1 is 1.30 bits per heavy atom. The Labute approximate surface area is 128 Å². The van der Waals surface area contributed by atoms with Gasteiger partial charge in [0.25, 0.3) is 0 Å². The van der Waals surface area contributed by atoms with E-state index in [0.717, 1.165) is 6.42 Å². The minimum atomic E-state index is -0.512. The van der Waals surface area contributed by atoms with Crippen molar-refractivity contribution in [2.24, 2.45) is 0 Å². The van der Waals surface area contributed by atoms with Crippen LogP contribution in [0.4, 0.5) is 5.69 Å². The van der Waals surface area contributed by atoms with Crippen molar-refractivity contribution in [1.29, 1.82) is 0 Å². The molecule has 1 aromatic rings. The first-order valence-corrected chi connectivity index (χ1v) is 7.35. The number of anilines is 1. The van der Waals surface area contributed by atoms with Gasteiger partial charge in [-0.25, -0.2) is 0 Å². The number of rotatable bonds is 3. The van der Waals surface area contributed by atoms with E-state index in [0.29, 0.717) is 22.2 Å². The highest BCUT2D eigenvalue weighted by atomic mass is 35.5. The van der Waals surface area contributed by atoms with Gasteiger partial charge in [0.2, 0.25) is 11.8 Å². The van der Waals surface area contributed by atoms with Gasteiger partial charge < -0.3 is 10.2 Å². The monoisotopic (exact) mass is 314 g/mol. The van der Waals surface area contributed by atoms with Gasteiger partial charge in [-0.05, 0) is 18.6 Å². The number of nitrogens with one attached hydrogen (secondary N) is 1. The van der Waals surface area contributed by atoms with E-state index in [1.54, 1.807) is 18.2 Å². The fourth-order valence-electron chi connectivity index (χ4n) is 2.29. The second-order valence-electron chi connectivity index (χ2n) is 4.72. The summed E-state index contributed by atoms with van der Waals surface area (Å²) in [7, 11) is 0. The molecule has 0 aliphatic carbocycles. The first-order chi connectivity index (χ1) is 9.54. The van der Waals surface area contributed by atoms with Crippen LogP contribution in [0.3, 0.4) is 0 Å². The molecule has 1 aliphatic rings. The molecule has 1 atom stereocenters. The Kier molecular flexibility index (Phi) is 4.89. The summed E-state index contributed by atoms with van der Waals surface area (Å²) < 4.78 is 0. The molecular weight excluding hydrogens is 299 g/mol. The number of hydrogen-bond donors (Lipinski definition) is 1. The maximum atomic E-state index is 12.6. The maximum Gasteiger partial charge on any atom is 0.249 e. The summed E-state index contributed by atoms with van der Waals surface area (Å²) in [5.74, 6) is -0.282. The highest BCUT2D eigenvalue weighted by Crippen LogP contribution is 2.34. The van der Waals surface area contributed by atoms with Crippen molar-refractivity contribution in [3.8, 4) is 0 Å². The second kappa shape index (κ2) is 6.46. The zero-order valence-electron chi connectivity index (χ0n) is 11.2. The molecule has 1 aliphatic heterocycles. The molecule has 2 rings (SSSR count). The molecule has 1 unspecified atom stereocenters. The number of benzene rings is 1. The quantitative estimate of drug-likeness (QED) is 0.932. The number of nitrogens with zero attached hydrogens (tertiary/aromatic N) is 1. The topological polar surface area (TPSA) is 49.4 Å². The predicted octanol–water partition coefficient (Wildman–Crippen LogP) is 3.02. The lowest BCUT2D eigenvalue weighted by Crippen LogP contribution is -2.44. The van der Waals surface area contributed by atoms with Gasteiger partial charge in [0.05, 0.1) is 15.7 Å². The van der Waals surface area contributed by atoms with E-state index in [1.807, 2.05) is 6.92 Å². The average Bonchev–Trinajstić information content (AvgIpc) is 2.52. The summed E-state index contributed by atoms with van der Waals surface area (Å²) in [4.78, 5) is 25.8. The van der Waals surface area contributed by atoms with Crippen molar-refractivity contribution in [1.82, 2.24) is 5.32 Å². The molecule has 20 heavy (non-hydrogen) atoms. The third-order valence-electron chi connectivity index (χ3n) is 3.25. The van der Waals surface area contributed by atoms with Crippen LogP contribution in [0.5, 0.6) is 0 Å². The summed E-state index contributed by atoms with van der Waals surface area (Å²) in [5, 5.41) is 3.58. The molecule has 0 radical (unpaired) electrons. The smallest absolute Gasteiger partial charge is 0.249 e. The van der Waals surface area contributed by atoms with E-state index >= 15 is 0 Å². The molecule has 1 N–H and O–H groups in total. The van der Waals surface area contributed by atoms with Crippen LogP contribution in [0.15, 0.2) is 18.2 Å². The third-order valence-corrected chi connectivity index (χ3v) is 3.86. The van der Waals surface area contributed by atoms with Crippen LogP contribution in [0.1, 0.15) is 26.2 Å². The number of hydrogen-bond acceptors (Lipinski definition) is 2. The van der Waals surface area contributed by atoms with Gasteiger partial charge in [-0.2, -0.15) is 0 Å². The van der Waals surface area contributed by atoms with E-state index in [-0.39, 0.29) is 24.8 Å². The highest BCUT2D eigenvalue weighted by Gasteiger charge is 2.31. The normalized spacial score (nSPS) is 19.8. The van der Waals surface area contributed by atoms with Crippen LogP contribution in [-0.2, 0) is 9.59 Å². The largest absolute Gasteiger partial charge is 0.344 e. The Balaban J connectivity index is 2.38. The number of carbonyl (C=O) groups excluding carboxylic acids is 2. The lowest BCUT2D eigenvalue weighted by atomic mass is 10.1. The van der Waals surface area contributed by atoms with Gasteiger partial charge >= 0.3 is 0 Å². The number of amides is 2. The Morgan fingerprint density at radius 2 is 1.95 bits per heavy atom. The molecule has 6 heteroatoms. The van der Waals surface area contributed by atoms with Crippen molar-refractivity contribution in [2.75, 3.05) is 11.4 Å². The van der Waals surface area contributed by atoms with E-state index in [2.05, 4.69) is 5.32 Å². The maximum absolute atomic E-state index is 12.6. The molecule has 0 aromatic heterocycles. The average molecular weight is 315 g/mol. The number of halogens is 2. The van der Waals surface area contributed by atoms with Gasteiger partial charge in [0.1, 0.15) is 6.04 Å². The molecule has 1 saturated heterocycles. The molecule has 0 spiro atoms. The standard InChI is InChI=1S/C14H16Cl2N2O2/c1-2-4-11-14(20)18(8-7-12(19)17-11)13-9(15)5-3-6-10(13)16/h3,5-6,11H,2,4,7-8H2,1H3,(H,17,19). The first kappa shape index (κ1) is 15.1. The fraction of sp³-hybridized carbons (Fsp3) is 0.429. The number of para-hydroxylation sites is 1. The number of carbonyl (C=O) groups is 2. The van der Waals surface area contributed by atoms with Crippen molar-refractivity contribution in [3.63, 3.8) is 0 Å². The Morgan fingerprint density at radius 3 is 2.55 bits per heavy atom. The highest BCUT2D eigenvalue weighted by molar-refractivity contribution is 6.40. The van der Waals surface area contributed by atoms with E-state index < -0.39 is 6.04 Å². The molecule has 1 aromatic carbocycles. The fourth-order valence-corrected chi connectivity index (χ4v) is 2.89. The zero-order chi connectivity index (χ0) is 14.7. The van der Waals surface area contributed by atoms with Gasteiger partial charge in [0, 0.05) is 13.0 Å². The molecule has 108 valence electrons. The van der Waals surface area contributed by atoms with Crippen molar-refractivity contribution < 1.29 is 9.59 Å². The third kappa shape index (κ3) is 3.07. The minimum absolute atomic E-state index is 0.123. The van der Waals surface area contributed by atoms with Gasteiger partial charge in [0.15, 0.2) is 0 Å². The molecule has 0 bridgehead atoms. The first-order valence-electron chi connectivity index (χ1n) is 6.59. The summed E-state index contributed by atoms with van der Waals surface area (Å²) in [5.41, 5.74) is 0.485. The zero-order valence-corrected chi connectivity index (χ0v) is 12.7. The SMILES string of the molecule is CCCC1NC(=O)CCN(c2c(Cl)cccc2Cl)C1=O. The van der Waals surface area contributed by atoms with E-state index in [4.69, 9.17) is 23.2 Å². The van der Waals surface area contributed by atoms with Crippen LogP contribution in [0.2, 0.25) is 10.0 Å². The minimum Gasteiger partial charge on any atom is -0.344 e. The van der Waals surface area contributed by atoms with Crippen LogP contribution in [0.25, 0.3) is 0 Å². The molecule has 1 fully saturated rings. The van der Waals surface area contributed by atoms with Crippen LogP contribution >= 0.6 is 23.2 Å². The predicted molar refractivity (Wildman–Crippen MR) is 80.3 cm³/mol. The van der Waals surface area contributed by atoms with Crippen molar-refractivity contribution >= 4 is 40.7 Å². The second-order valence-corrected chi connectivity index (χ2v) is 5.53. The summed E-state index contributed by atoms with van der Waals surface area (Å²) in [6.07, 6.45) is 1.65. The van der Waals surface area contributed by atoms with Gasteiger partial charge in [-0.3, -0.25) is 9.59 Å². The van der Waals surface area contributed by atoms with E-state index in [9.17, 15) is 9.59 Å². The lowest BCUT2D eigenvalue weighted by molar-refractivity contribution is -0.125. The molecule has 0 saturated carbocycles. The molecule has 1 heterocycles. The van der Waals surface area contributed by atoms with Crippen LogP contribution < -0.4 is 10.2 Å². The molecule has 4 nitrogen and oxygen atoms in total. The lowest BCUT2D eigenvalue weighted by Gasteiger charge is -2.25. The van der Waals surface area contributed by atoms with Crippen molar-refractivity contribution in [2.45, 2.75) is 32.2 Å². The van der Waals surface area contributed by atoms with Crippen LogP contribution in [-0.4, -0.2) is 24.4 Å². The van der Waals surface area contributed by atoms with Crippen molar-refractivity contribution in [3.05, 3.63) is 28.2 Å². The molecular formula is C14H16Cl2N2O2. The Hall–Kier alpha value is -1.26. The van der Waals surface area contributed by atoms with Gasteiger partial charge in [-0.15, -0.1) is 0 Å². The Bertz CT molecular complexity index is 514. The van der Waals surface area contributed by atoms with Gasteiger partial charge in [-0.1, -0.05) is 42.6 Å². The summed E-state index contributed by atoms with van der Waals surface area (Å²) in [6.45, 7) is 2.26.